The molecule has 1 saturated heterocycles. The molecule has 5 nitrogen and oxygen atoms in total. The van der Waals surface area contributed by atoms with Crippen LogP contribution in [0.2, 0.25) is 0 Å². The van der Waals surface area contributed by atoms with Crippen LogP contribution in [0.4, 0.5) is 11.4 Å². The smallest absolute Gasteiger partial charge is 0.335 e. The van der Waals surface area contributed by atoms with Gasteiger partial charge in [0.2, 0.25) is 0 Å². The van der Waals surface area contributed by atoms with Gasteiger partial charge in [-0.2, -0.15) is 0 Å². The molecule has 0 aromatic heterocycles. The monoisotopic (exact) mass is 440 g/mol. The molecule has 4 rings (SSSR count). The van der Waals surface area contributed by atoms with Crippen LogP contribution in [0.5, 0.6) is 0 Å². The lowest BCUT2D eigenvalue weighted by Gasteiger charge is -2.15. The molecule has 1 heterocycles. The number of hydrogen-bond donors (Lipinski definition) is 1. The molecule has 1 N–H and O–H groups in total. The average Bonchev–Trinajstić information content (AvgIpc) is 3.09. The van der Waals surface area contributed by atoms with Gasteiger partial charge < -0.3 is 5.11 Å². The van der Waals surface area contributed by atoms with Gasteiger partial charge in [-0.05, 0) is 66.2 Å². The zero-order chi connectivity index (χ0) is 22.5. The van der Waals surface area contributed by atoms with Crippen molar-refractivity contribution in [1.29, 1.82) is 0 Å². The molecule has 1 fully saturated rings. The highest BCUT2D eigenvalue weighted by Gasteiger charge is 2.34. The van der Waals surface area contributed by atoms with Gasteiger partial charge in [-0.15, -0.1) is 0 Å². The van der Waals surface area contributed by atoms with Crippen molar-refractivity contribution in [2.24, 2.45) is 4.99 Å². The Labute approximate surface area is 190 Å². The summed E-state index contributed by atoms with van der Waals surface area (Å²) in [4.78, 5) is 31.3. The number of hydrogen-bond acceptors (Lipinski definition) is 4. The van der Waals surface area contributed by atoms with Crippen molar-refractivity contribution in [3.05, 3.63) is 113 Å². The summed E-state index contributed by atoms with van der Waals surface area (Å²) >= 11 is 1.27. The van der Waals surface area contributed by atoms with Crippen molar-refractivity contribution in [3.8, 4) is 0 Å². The Bertz CT molecular complexity index is 1250. The fourth-order valence-corrected chi connectivity index (χ4v) is 4.28. The predicted octanol–water partition coefficient (Wildman–Crippen LogP) is 6.14. The van der Waals surface area contributed by atoms with Gasteiger partial charge in [0.25, 0.3) is 5.91 Å². The highest BCUT2D eigenvalue weighted by molar-refractivity contribution is 8.19. The number of thioether (sulfide) groups is 1. The first-order chi connectivity index (χ1) is 15.5. The minimum Gasteiger partial charge on any atom is -0.478 e. The molecule has 0 bridgehead atoms. The Kier molecular flexibility index (Phi) is 6.33. The fourth-order valence-electron chi connectivity index (χ4n) is 3.23. The van der Waals surface area contributed by atoms with Crippen LogP contribution in [0.3, 0.4) is 0 Å². The van der Waals surface area contributed by atoms with E-state index in [1.807, 2.05) is 79.7 Å². The number of rotatable bonds is 5. The lowest BCUT2D eigenvalue weighted by Crippen LogP contribution is -2.28. The Morgan fingerprint density at radius 3 is 2.34 bits per heavy atom. The van der Waals surface area contributed by atoms with E-state index in [4.69, 9.17) is 0 Å². The maximum absolute atomic E-state index is 13.3. The molecular formula is C26H20N2O3S. The van der Waals surface area contributed by atoms with E-state index in [0.717, 1.165) is 11.1 Å². The van der Waals surface area contributed by atoms with E-state index in [9.17, 15) is 14.7 Å². The molecule has 0 unspecified atom stereocenters. The van der Waals surface area contributed by atoms with Gasteiger partial charge in [0.1, 0.15) is 0 Å². The van der Waals surface area contributed by atoms with E-state index in [-0.39, 0.29) is 11.5 Å². The van der Waals surface area contributed by atoms with Crippen LogP contribution in [0, 0.1) is 0 Å². The SMILES string of the molecule is CC(/C=C1\SC(=Nc2cccc(C(=O)O)c2)N(c2ccccc2)C1=O)=C\c1ccccc1. The number of nitrogens with zero attached hydrogens (tertiary/aromatic N) is 2. The summed E-state index contributed by atoms with van der Waals surface area (Å²) in [5, 5.41) is 9.75. The lowest BCUT2D eigenvalue weighted by molar-refractivity contribution is -0.113. The first-order valence-corrected chi connectivity index (χ1v) is 10.8. The number of aromatic carboxylic acids is 1. The van der Waals surface area contributed by atoms with Crippen LogP contribution >= 0.6 is 11.8 Å². The zero-order valence-electron chi connectivity index (χ0n) is 17.3. The topological polar surface area (TPSA) is 70.0 Å². The van der Waals surface area contributed by atoms with Crippen LogP contribution in [-0.4, -0.2) is 22.2 Å². The van der Waals surface area contributed by atoms with Gasteiger partial charge >= 0.3 is 5.97 Å². The highest BCUT2D eigenvalue weighted by atomic mass is 32.2. The molecule has 3 aromatic carbocycles. The van der Waals surface area contributed by atoms with E-state index >= 15 is 0 Å². The second-order valence-corrected chi connectivity index (χ2v) is 8.14. The first-order valence-electron chi connectivity index (χ1n) is 9.96. The number of carbonyl (C=O) groups excluding carboxylic acids is 1. The van der Waals surface area contributed by atoms with Crippen LogP contribution in [0.1, 0.15) is 22.8 Å². The van der Waals surface area contributed by atoms with Gasteiger partial charge in [-0.3, -0.25) is 9.69 Å². The number of benzene rings is 3. The van der Waals surface area contributed by atoms with Crippen molar-refractivity contribution in [2.45, 2.75) is 6.92 Å². The molecule has 1 aliphatic heterocycles. The Balaban J connectivity index is 1.73. The summed E-state index contributed by atoms with van der Waals surface area (Å²) in [6.07, 6.45) is 3.87. The standard InChI is InChI=1S/C26H20N2O3S/c1-18(15-19-9-4-2-5-10-19)16-23-24(29)28(22-13-6-3-7-14-22)26(32-23)27-21-12-8-11-20(17-21)25(30)31/h2-17H,1H3,(H,30,31)/b18-15+,23-16-,27-26?. The number of allylic oxidation sites excluding steroid dienone is 2. The third kappa shape index (κ3) is 4.87. The maximum atomic E-state index is 13.3. The van der Waals surface area contributed by atoms with Crippen molar-refractivity contribution in [1.82, 2.24) is 0 Å². The quantitative estimate of drug-likeness (QED) is 0.484. The molecule has 158 valence electrons. The van der Waals surface area contributed by atoms with E-state index in [1.165, 1.54) is 23.9 Å². The largest absolute Gasteiger partial charge is 0.478 e. The van der Waals surface area contributed by atoms with Crippen LogP contribution in [0.15, 0.2) is 106 Å². The highest BCUT2D eigenvalue weighted by Crippen LogP contribution is 2.37. The molecule has 0 atom stereocenters. The summed E-state index contributed by atoms with van der Waals surface area (Å²) in [5.74, 6) is -1.19. The normalized spacial score (nSPS) is 16.7. The van der Waals surface area contributed by atoms with Crippen LogP contribution in [0.25, 0.3) is 6.08 Å². The molecule has 32 heavy (non-hydrogen) atoms. The maximum Gasteiger partial charge on any atom is 0.335 e. The van der Waals surface area contributed by atoms with Gasteiger partial charge in [0.15, 0.2) is 5.17 Å². The minimum absolute atomic E-state index is 0.143. The van der Waals surface area contributed by atoms with Crippen molar-refractivity contribution in [2.75, 3.05) is 4.90 Å². The number of aliphatic imine (C=N–C) groups is 1. The van der Waals surface area contributed by atoms with E-state index in [0.29, 0.717) is 21.4 Å². The van der Waals surface area contributed by atoms with Crippen molar-refractivity contribution < 1.29 is 14.7 Å². The van der Waals surface area contributed by atoms with E-state index in [1.54, 1.807) is 17.0 Å². The molecule has 0 aliphatic carbocycles. The zero-order valence-corrected chi connectivity index (χ0v) is 18.1. The third-order valence-corrected chi connectivity index (χ3v) is 5.66. The molecule has 0 radical (unpaired) electrons. The third-order valence-electron chi connectivity index (χ3n) is 4.69. The minimum atomic E-state index is -1.02. The second-order valence-electron chi connectivity index (χ2n) is 7.14. The van der Waals surface area contributed by atoms with Crippen LogP contribution < -0.4 is 4.90 Å². The number of amidine groups is 1. The number of carboxylic acids is 1. The number of amides is 1. The number of para-hydroxylation sites is 1. The summed E-state index contributed by atoms with van der Waals surface area (Å²) in [6, 6.07) is 25.6. The predicted molar refractivity (Wildman–Crippen MR) is 130 cm³/mol. The summed E-state index contributed by atoms with van der Waals surface area (Å²) in [7, 11) is 0. The number of anilines is 1. The second kappa shape index (κ2) is 9.49. The average molecular weight is 441 g/mol. The summed E-state index contributed by atoms with van der Waals surface area (Å²) in [6.45, 7) is 1.95. The molecule has 6 heteroatoms. The molecule has 3 aromatic rings. The molecule has 0 spiro atoms. The Hall–Kier alpha value is -3.90. The summed E-state index contributed by atoms with van der Waals surface area (Å²) in [5.41, 5.74) is 3.31. The molecule has 1 amide bonds. The molecular weight excluding hydrogens is 420 g/mol. The van der Waals surface area contributed by atoms with Crippen LogP contribution in [-0.2, 0) is 4.79 Å². The number of carbonyl (C=O) groups is 2. The van der Waals surface area contributed by atoms with Crippen molar-refractivity contribution in [3.63, 3.8) is 0 Å². The lowest BCUT2D eigenvalue weighted by atomic mass is 10.1. The van der Waals surface area contributed by atoms with E-state index < -0.39 is 5.97 Å². The van der Waals surface area contributed by atoms with Gasteiger partial charge in [-0.1, -0.05) is 60.7 Å². The van der Waals surface area contributed by atoms with Crippen molar-refractivity contribution >= 4 is 46.3 Å². The van der Waals surface area contributed by atoms with E-state index in [2.05, 4.69) is 4.99 Å². The Morgan fingerprint density at radius 1 is 0.969 bits per heavy atom. The first kappa shape index (κ1) is 21.3. The number of carboxylic acid groups (broad SMARTS) is 1. The van der Waals surface area contributed by atoms with Gasteiger partial charge in [-0.25, -0.2) is 9.79 Å². The molecule has 0 saturated carbocycles. The Morgan fingerprint density at radius 2 is 1.66 bits per heavy atom. The van der Waals surface area contributed by atoms with Gasteiger partial charge in [0.05, 0.1) is 21.8 Å². The summed E-state index contributed by atoms with van der Waals surface area (Å²) < 4.78 is 0. The van der Waals surface area contributed by atoms with Gasteiger partial charge in [0, 0.05) is 0 Å². The molecule has 1 aliphatic rings. The fraction of sp³-hybridized carbons (Fsp3) is 0.0385.